The van der Waals surface area contributed by atoms with Gasteiger partial charge in [-0.2, -0.15) is 13.2 Å². The molecule has 226 valence electrons. The molecule has 2 amide bonds. The minimum atomic E-state index is -4.51. The SMILES string of the molecule is COC(=O)c1cc(C(=O)N[C@@H](Cc2ccccc2)[C@H]2CN(C3(c4cccc(C(F)(F)F)c4)CC3)C(=O)O2)n2c1CNCC2. The van der Waals surface area contributed by atoms with Crippen LogP contribution in [0.3, 0.4) is 0 Å². The van der Waals surface area contributed by atoms with Crippen LogP contribution in [0.2, 0.25) is 0 Å². The van der Waals surface area contributed by atoms with Crippen LogP contribution >= 0.6 is 0 Å². The third kappa shape index (κ3) is 5.47. The number of aromatic nitrogens is 1. The molecule has 0 radical (unpaired) electrons. The zero-order valence-electron chi connectivity index (χ0n) is 23.4. The molecule has 0 unspecified atom stereocenters. The van der Waals surface area contributed by atoms with Crippen molar-refractivity contribution in [3.63, 3.8) is 0 Å². The fourth-order valence-corrected chi connectivity index (χ4v) is 6.15. The summed E-state index contributed by atoms with van der Waals surface area (Å²) >= 11 is 0. The predicted molar refractivity (Wildman–Crippen MR) is 148 cm³/mol. The lowest BCUT2D eigenvalue weighted by atomic mass is 9.98. The first-order valence-electron chi connectivity index (χ1n) is 14.1. The molecule has 0 bridgehead atoms. The number of hydrogen-bond donors (Lipinski definition) is 2. The first-order chi connectivity index (χ1) is 20.6. The third-order valence-corrected chi connectivity index (χ3v) is 8.52. The zero-order chi connectivity index (χ0) is 30.4. The standard InChI is InChI=1S/C31H31F3N4O5/c1-42-28(40)22-16-24(37-13-12-35-17-25(22)37)27(39)36-23(14-19-6-3-2-4-7-19)26-18-38(29(41)43-26)30(10-11-30)20-8-5-9-21(15-20)31(32,33)34/h2-9,15-16,23,26,35H,10-14,17-18H2,1H3,(H,36,39)/t23-,26+/m0/s1. The first-order valence-corrected chi connectivity index (χ1v) is 14.1. The van der Waals surface area contributed by atoms with Gasteiger partial charge >= 0.3 is 18.2 Å². The average molecular weight is 597 g/mol. The van der Waals surface area contributed by atoms with Gasteiger partial charge in [-0.15, -0.1) is 0 Å². The van der Waals surface area contributed by atoms with E-state index in [1.54, 1.807) is 10.6 Å². The van der Waals surface area contributed by atoms with Gasteiger partial charge in [0, 0.05) is 25.3 Å². The second kappa shape index (κ2) is 11.1. The van der Waals surface area contributed by atoms with Crippen molar-refractivity contribution in [1.29, 1.82) is 0 Å². The summed E-state index contributed by atoms with van der Waals surface area (Å²) in [5.41, 5.74) is 0.890. The number of cyclic esters (lactones) is 1. The molecule has 43 heavy (non-hydrogen) atoms. The van der Waals surface area contributed by atoms with E-state index in [-0.39, 0.29) is 6.54 Å². The number of methoxy groups -OCH3 is 1. The number of nitrogens with one attached hydrogen (secondary N) is 2. The van der Waals surface area contributed by atoms with Crippen LogP contribution in [-0.4, -0.2) is 59.8 Å². The fourth-order valence-electron chi connectivity index (χ4n) is 6.15. The molecule has 2 fully saturated rings. The summed E-state index contributed by atoms with van der Waals surface area (Å²) in [6.45, 7) is 1.58. The number of halogens is 3. The Kier molecular flexibility index (Phi) is 7.41. The van der Waals surface area contributed by atoms with Crippen LogP contribution in [0.4, 0.5) is 18.0 Å². The van der Waals surface area contributed by atoms with Crippen LogP contribution in [0.5, 0.6) is 0 Å². The number of rotatable bonds is 8. The summed E-state index contributed by atoms with van der Waals surface area (Å²) in [6, 6.07) is 15.3. The van der Waals surface area contributed by atoms with E-state index in [1.807, 2.05) is 30.3 Å². The molecule has 3 aromatic rings. The Morgan fingerprint density at radius 3 is 2.60 bits per heavy atom. The molecule has 9 nitrogen and oxygen atoms in total. The first kappa shape index (κ1) is 28.8. The van der Waals surface area contributed by atoms with Crippen molar-refractivity contribution in [2.24, 2.45) is 0 Å². The maximum atomic E-state index is 13.8. The molecular formula is C31H31F3N4O5. The van der Waals surface area contributed by atoms with Crippen molar-refractivity contribution >= 4 is 18.0 Å². The van der Waals surface area contributed by atoms with Gasteiger partial charge in [0.2, 0.25) is 0 Å². The van der Waals surface area contributed by atoms with E-state index < -0.39 is 47.4 Å². The lowest BCUT2D eigenvalue weighted by Crippen LogP contribution is -2.48. The number of amides is 2. The molecule has 0 spiro atoms. The Morgan fingerprint density at radius 1 is 1.14 bits per heavy atom. The van der Waals surface area contributed by atoms with Gasteiger partial charge in [-0.1, -0.05) is 42.5 Å². The topological polar surface area (TPSA) is 102 Å². The number of fused-ring (bicyclic) bond motifs is 1. The van der Waals surface area contributed by atoms with Gasteiger partial charge in [0.15, 0.2) is 0 Å². The maximum absolute atomic E-state index is 13.8. The second-order valence-corrected chi connectivity index (χ2v) is 11.1. The Hall–Kier alpha value is -4.32. The molecule has 6 rings (SSSR count). The van der Waals surface area contributed by atoms with Gasteiger partial charge in [0.1, 0.15) is 11.8 Å². The van der Waals surface area contributed by atoms with Crippen molar-refractivity contribution < 1.29 is 37.0 Å². The molecule has 3 aliphatic rings. The van der Waals surface area contributed by atoms with Gasteiger partial charge in [0.25, 0.3) is 5.91 Å². The highest BCUT2D eigenvalue weighted by molar-refractivity contribution is 5.98. The minimum Gasteiger partial charge on any atom is -0.465 e. The van der Waals surface area contributed by atoms with Crippen molar-refractivity contribution in [1.82, 2.24) is 20.1 Å². The van der Waals surface area contributed by atoms with Gasteiger partial charge in [0.05, 0.1) is 36.4 Å². The minimum absolute atomic E-state index is 0.0937. The Bertz CT molecular complexity index is 1550. The molecule has 1 aliphatic carbocycles. The monoisotopic (exact) mass is 596 g/mol. The highest BCUT2D eigenvalue weighted by Crippen LogP contribution is 2.53. The van der Waals surface area contributed by atoms with Crippen LogP contribution in [-0.2, 0) is 40.7 Å². The molecule has 2 atom stereocenters. The highest BCUT2D eigenvalue weighted by atomic mass is 19.4. The maximum Gasteiger partial charge on any atom is 0.416 e. The number of carbonyl (C=O) groups excluding carboxylic acids is 3. The molecule has 1 aromatic heterocycles. The van der Waals surface area contributed by atoms with Crippen molar-refractivity contribution in [2.45, 2.75) is 56.2 Å². The van der Waals surface area contributed by atoms with Gasteiger partial charge in [-0.25, -0.2) is 9.59 Å². The van der Waals surface area contributed by atoms with E-state index in [1.165, 1.54) is 24.1 Å². The summed E-state index contributed by atoms with van der Waals surface area (Å²) in [4.78, 5) is 40.9. The molecule has 2 aromatic carbocycles. The quantitative estimate of drug-likeness (QED) is 0.377. The summed E-state index contributed by atoms with van der Waals surface area (Å²) < 4.78 is 52.9. The van der Waals surface area contributed by atoms with Crippen LogP contribution in [0.15, 0.2) is 60.7 Å². The molecular weight excluding hydrogens is 565 g/mol. The van der Waals surface area contributed by atoms with E-state index in [9.17, 15) is 27.6 Å². The van der Waals surface area contributed by atoms with Crippen LogP contribution in [0, 0.1) is 0 Å². The number of nitrogens with zero attached hydrogens (tertiary/aromatic N) is 2. The average Bonchev–Trinajstić information content (AvgIpc) is 3.57. The van der Waals surface area contributed by atoms with Crippen molar-refractivity contribution in [3.05, 3.63) is 94.3 Å². The second-order valence-electron chi connectivity index (χ2n) is 11.1. The molecule has 1 saturated heterocycles. The molecule has 2 N–H and O–H groups in total. The van der Waals surface area contributed by atoms with Gasteiger partial charge in [-0.3, -0.25) is 9.69 Å². The largest absolute Gasteiger partial charge is 0.465 e. The molecule has 3 heterocycles. The molecule has 2 aliphatic heterocycles. The summed E-state index contributed by atoms with van der Waals surface area (Å²) in [5.74, 6) is -0.982. The smallest absolute Gasteiger partial charge is 0.416 e. The van der Waals surface area contributed by atoms with Gasteiger partial charge in [-0.05, 0) is 48.6 Å². The third-order valence-electron chi connectivity index (χ3n) is 8.52. The fraction of sp³-hybridized carbons (Fsp3) is 0.387. The summed E-state index contributed by atoms with van der Waals surface area (Å²) in [6.07, 6.45) is -4.55. The predicted octanol–water partition coefficient (Wildman–Crippen LogP) is 4.25. The summed E-state index contributed by atoms with van der Waals surface area (Å²) in [5, 5.41) is 6.24. The van der Waals surface area contributed by atoms with E-state index in [0.29, 0.717) is 61.4 Å². The van der Waals surface area contributed by atoms with Crippen LogP contribution < -0.4 is 10.6 Å². The highest BCUT2D eigenvalue weighted by Gasteiger charge is 2.56. The van der Waals surface area contributed by atoms with E-state index in [4.69, 9.17) is 9.47 Å². The number of alkyl halides is 3. The van der Waals surface area contributed by atoms with Crippen LogP contribution in [0.1, 0.15) is 56.1 Å². The van der Waals surface area contributed by atoms with Crippen molar-refractivity contribution in [3.8, 4) is 0 Å². The number of esters is 1. The lowest BCUT2D eigenvalue weighted by molar-refractivity contribution is -0.137. The number of hydrogen-bond acceptors (Lipinski definition) is 6. The van der Waals surface area contributed by atoms with Crippen molar-refractivity contribution in [2.75, 3.05) is 20.2 Å². The number of carbonyl (C=O) groups is 3. The number of benzene rings is 2. The zero-order valence-corrected chi connectivity index (χ0v) is 23.4. The summed E-state index contributed by atoms with van der Waals surface area (Å²) in [7, 11) is 1.28. The van der Waals surface area contributed by atoms with E-state index in [0.717, 1.165) is 17.7 Å². The van der Waals surface area contributed by atoms with Gasteiger partial charge < -0.3 is 24.7 Å². The molecule has 1 saturated carbocycles. The molecule has 12 heteroatoms. The Balaban J connectivity index is 1.28. The lowest BCUT2D eigenvalue weighted by Gasteiger charge is -2.28. The van der Waals surface area contributed by atoms with E-state index >= 15 is 0 Å². The van der Waals surface area contributed by atoms with Crippen LogP contribution in [0.25, 0.3) is 0 Å². The van der Waals surface area contributed by atoms with E-state index in [2.05, 4.69) is 10.6 Å². The Morgan fingerprint density at radius 2 is 1.91 bits per heavy atom. The normalized spacial score (nSPS) is 19.8. The Labute approximate surface area is 245 Å². The number of ether oxygens (including phenoxy) is 2.